The Hall–Kier alpha value is -3.52. The second kappa shape index (κ2) is 8.66. The fourth-order valence-corrected chi connectivity index (χ4v) is 3.37. The number of nitro groups is 1. The number of benzene rings is 2. The van der Waals surface area contributed by atoms with E-state index in [-0.39, 0.29) is 23.6 Å². The van der Waals surface area contributed by atoms with Gasteiger partial charge in [-0.2, -0.15) is 0 Å². The predicted molar refractivity (Wildman–Crippen MR) is 105 cm³/mol. The molecule has 1 atom stereocenters. The molecule has 1 aliphatic rings. The van der Waals surface area contributed by atoms with Crippen molar-refractivity contribution in [2.45, 2.75) is 12.5 Å². The maximum Gasteiger partial charge on any atom is 0.295 e. The number of hydrogen-bond acceptors (Lipinski definition) is 6. The van der Waals surface area contributed by atoms with Crippen molar-refractivity contribution in [3.63, 3.8) is 0 Å². The van der Waals surface area contributed by atoms with Gasteiger partial charge >= 0.3 is 0 Å². The van der Waals surface area contributed by atoms with E-state index in [1.807, 2.05) is 0 Å². The molecule has 2 aromatic carbocycles. The summed E-state index contributed by atoms with van der Waals surface area (Å²) in [7, 11) is 1.54. The maximum atomic E-state index is 12.8. The summed E-state index contributed by atoms with van der Waals surface area (Å²) in [6.07, 6.45) is 0.498. The van der Waals surface area contributed by atoms with Crippen molar-refractivity contribution in [3.05, 3.63) is 81.4 Å². The number of ether oxygens (including phenoxy) is 1. The van der Waals surface area contributed by atoms with E-state index in [2.05, 4.69) is 0 Å². The molecule has 1 unspecified atom stereocenters. The molecule has 3 rings (SSSR count). The zero-order valence-electron chi connectivity index (χ0n) is 15.8. The zero-order chi connectivity index (χ0) is 21.0. The Labute approximate surface area is 167 Å². The number of aliphatic hydroxyl groups is 1. The molecule has 1 heterocycles. The van der Waals surface area contributed by atoms with E-state index in [4.69, 9.17) is 4.74 Å². The van der Waals surface area contributed by atoms with Gasteiger partial charge in [-0.3, -0.25) is 19.7 Å². The summed E-state index contributed by atoms with van der Waals surface area (Å²) in [5.41, 5.74) is 0.777. The van der Waals surface area contributed by atoms with Crippen LogP contribution in [0.5, 0.6) is 0 Å². The molecule has 0 saturated carbocycles. The van der Waals surface area contributed by atoms with Gasteiger partial charge in [-0.05, 0) is 24.1 Å². The van der Waals surface area contributed by atoms with Gasteiger partial charge in [-0.1, -0.05) is 30.3 Å². The standard InChI is InChI=1S/C21H20N2O6/c1-29-13-5-12-22-18(14-8-10-16(11-9-14)23(27)28)17(20(25)21(22)26)19(24)15-6-3-2-4-7-15/h2-4,6-11,18,24H,5,12-13H2,1H3/b19-17+. The van der Waals surface area contributed by atoms with Crippen LogP contribution in [-0.4, -0.2) is 46.9 Å². The molecule has 0 bridgehead atoms. The molecule has 0 aromatic heterocycles. The number of nitrogens with zero attached hydrogens (tertiary/aromatic N) is 2. The first-order chi connectivity index (χ1) is 14.0. The SMILES string of the molecule is COCCCN1C(=O)C(=O)/C(=C(/O)c2ccccc2)C1c1ccc([N+](=O)[O-])cc1. The van der Waals surface area contributed by atoms with Gasteiger partial charge in [0.05, 0.1) is 16.5 Å². The molecule has 8 nitrogen and oxygen atoms in total. The quantitative estimate of drug-likeness (QED) is 0.192. The van der Waals surface area contributed by atoms with Crippen molar-refractivity contribution in [1.29, 1.82) is 0 Å². The molecule has 0 aliphatic carbocycles. The number of Topliss-reactive ketones (excluding diaryl/α,β-unsaturated/α-hetero) is 1. The summed E-state index contributed by atoms with van der Waals surface area (Å²) in [5, 5.41) is 21.8. The van der Waals surface area contributed by atoms with Crippen LogP contribution in [0.25, 0.3) is 5.76 Å². The fourth-order valence-electron chi connectivity index (χ4n) is 3.37. The number of carbonyl (C=O) groups excluding carboxylic acids is 2. The maximum absolute atomic E-state index is 12.8. The van der Waals surface area contributed by atoms with Crippen molar-refractivity contribution in [2.75, 3.05) is 20.3 Å². The largest absolute Gasteiger partial charge is 0.507 e. The average Bonchev–Trinajstić information content (AvgIpc) is 2.99. The van der Waals surface area contributed by atoms with Crippen LogP contribution in [0.3, 0.4) is 0 Å². The van der Waals surface area contributed by atoms with Gasteiger partial charge in [0.25, 0.3) is 17.4 Å². The topological polar surface area (TPSA) is 110 Å². The Balaban J connectivity index is 2.10. The predicted octanol–water partition coefficient (Wildman–Crippen LogP) is 3.05. The molecule has 0 spiro atoms. The Morgan fingerprint density at radius 1 is 1.14 bits per heavy atom. The first-order valence-electron chi connectivity index (χ1n) is 9.02. The van der Waals surface area contributed by atoms with Gasteiger partial charge in [0, 0.05) is 38.0 Å². The van der Waals surface area contributed by atoms with Crippen LogP contribution < -0.4 is 0 Å². The van der Waals surface area contributed by atoms with E-state index in [0.717, 1.165) is 0 Å². The number of hydrogen-bond donors (Lipinski definition) is 1. The first-order valence-corrected chi connectivity index (χ1v) is 9.02. The number of ketones is 1. The second-order valence-corrected chi connectivity index (χ2v) is 6.55. The lowest BCUT2D eigenvalue weighted by molar-refractivity contribution is -0.384. The minimum atomic E-state index is -0.840. The second-order valence-electron chi connectivity index (χ2n) is 6.55. The summed E-state index contributed by atoms with van der Waals surface area (Å²) in [6, 6.07) is 13.3. The van der Waals surface area contributed by atoms with Gasteiger partial charge in [-0.15, -0.1) is 0 Å². The third-order valence-corrected chi connectivity index (χ3v) is 4.75. The number of likely N-dealkylation sites (tertiary alicyclic amines) is 1. The third-order valence-electron chi connectivity index (χ3n) is 4.75. The highest BCUT2D eigenvalue weighted by Gasteiger charge is 2.45. The molecule has 1 fully saturated rings. The van der Waals surface area contributed by atoms with E-state index in [0.29, 0.717) is 24.2 Å². The summed E-state index contributed by atoms with van der Waals surface area (Å²) in [6.45, 7) is 0.639. The molecule has 1 N–H and O–H groups in total. The van der Waals surface area contributed by atoms with Crippen molar-refractivity contribution in [1.82, 2.24) is 4.90 Å². The molecular formula is C21H20N2O6. The number of carbonyl (C=O) groups is 2. The number of amides is 1. The normalized spacial score (nSPS) is 18.2. The van der Waals surface area contributed by atoms with Crippen LogP contribution in [0.15, 0.2) is 60.2 Å². The van der Waals surface area contributed by atoms with Crippen molar-refractivity contribution in [2.24, 2.45) is 0 Å². The molecule has 1 amide bonds. The first kappa shape index (κ1) is 20.2. The Kier molecular flexibility index (Phi) is 6.04. The van der Waals surface area contributed by atoms with E-state index in [1.54, 1.807) is 30.3 Å². The van der Waals surface area contributed by atoms with Crippen LogP contribution in [0, 0.1) is 10.1 Å². The average molecular weight is 396 g/mol. The van der Waals surface area contributed by atoms with Gasteiger partial charge < -0.3 is 14.7 Å². The number of nitro benzene ring substituents is 1. The summed E-state index contributed by atoms with van der Waals surface area (Å²) in [5.74, 6) is -1.78. The molecule has 150 valence electrons. The third kappa shape index (κ3) is 4.02. The highest BCUT2D eigenvalue weighted by Crippen LogP contribution is 2.39. The minimum absolute atomic E-state index is 0.0348. The summed E-state index contributed by atoms with van der Waals surface area (Å²) < 4.78 is 5.03. The molecule has 8 heteroatoms. The van der Waals surface area contributed by atoms with Crippen molar-refractivity contribution >= 4 is 23.1 Å². The van der Waals surface area contributed by atoms with Crippen LogP contribution in [-0.2, 0) is 14.3 Å². The Bertz CT molecular complexity index is 953. The van der Waals surface area contributed by atoms with Crippen LogP contribution >= 0.6 is 0 Å². The van der Waals surface area contributed by atoms with E-state index < -0.39 is 22.7 Å². The van der Waals surface area contributed by atoms with E-state index in [9.17, 15) is 24.8 Å². The van der Waals surface area contributed by atoms with Gasteiger partial charge in [-0.25, -0.2) is 0 Å². The van der Waals surface area contributed by atoms with Crippen LogP contribution in [0.4, 0.5) is 5.69 Å². The van der Waals surface area contributed by atoms with Crippen molar-refractivity contribution < 1.29 is 24.4 Å². The molecule has 0 radical (unpaired) electrons. The number of methoxy groups -OCH3 is 1. The van der Waals surface area contributed by atoms with E-state index in [1.165, 1.54) is 36.3 Å². The smallest absolute Gasteiger partial charge is 0.295 e. The number of non-ortho nitro benzene ring substituents is 1. The number of aliphatic hydroxyl groups excluding tert-OH is 1. The van der Waals surface area contributed by atoms with Crippen LogP contribution in [0.2, 0.25) is 0 Å². The molecule has 29 heavy (non-hydrogen) atoms. The lowest BCUT2D eigenvalue weighted by atomic mass is 9.95. The fraction of sp³-hybridized carbons (Fsp3) is 0.238. The Morgan fingerprint density at radius 2 is 1.79 bits per heavy atom. The summed E-state index contributed by atoms with van der Waals surface area (Å²) >= 11 is 0. The Morgan fingerprint density at radius 3 is 2.38 bits per heavy atom. The lowest BCUT2D eigenvalue weighted by Crippen LogP contribution is -2.31. The summed E-state index contributed by atoms with van der Waals surface area (Å²) in [4.78, 5) is 37.3. The molecule has 2 aromatic rings. The molecule has 1 aliphatic heterocycles. The highest BCUT2D eigenvalue weighted by molar-refractivity contribution is 6.46. The number of rotatable bonds is 7. The van der Waals surface area contributed by atoms with Crippen molar-refractivity contribution in [3.8, 4) is 0 Å². The van der Waals surface area contributed by atoms with Gasteiger partial charge in [0.2, 0.25) is 0 Å². The van der Waals surface area contributed by atoms with E-state index >= 15 is 0 Å². The van der Waals surface area contributed by atoms with Gasteiger partial charge in [0.15, 0.2) is 0 Å². The molecule has 1 saturated heterocycles. The van der Waals surface area contributed by atoms with Crippen LogP contribution in [0.1, 0.15) is 23.6 Å². The zero-order valence-corrected chi connectivity index (χ0v) is 15.8. The minimum Gasteiger partial charge on any atom is -0.507 e. The monoisotopic (exact) mass is 396 g/mol. The highest BCUT2D eigenvalue weighted by atomic mass is 16.6. The molecular weight excluding hydrogens is 376 g/mol. The van der Waals surface area contributed by atoms with Gasteiger partial charge in [0.1, 0.15) is 5.76 Å². The lowest BCUT2D eigenvalue weighted by Gasteiger charge is -2.25.